The molecule has 0 bridgehead atoms. The third-order valence-electron chi connectivity index (χ3n) is 5.49. The molecule has 2 aromatic carbocycles. The van der Waals surface area contributed by atoms with Crippen LogP contribution in [0.25, 0.3) is 0 Å². The van der Waals surface area contributed by atoms with E-state index in [1.54, 1.807) is 6.08 Å². The summed E-state index contributed by atoms with van der Waals surface area (Å²) in [6.45, 7) is 14.5. The monoisotopic (exact) mass is 450 g/mol. The number of ether oxygens (including phenoxy) is 1. The summed E-state index contributed by atoms with van der Waals surface area (Å²) >= 11 is 1.35. The Kier molecular flexibility index (Phi) is 7.75. The lowest BCUT2D eigenvalue weighted by Crippen LogP contribution is -2.16. The smallest absolute Gasteiger partial charge is 0.234 e. The highest BCUT2D eigenvalue weighted by Gasteiger charge is 2.20. The van der Waals surface area contributed by atoms with Crippen LogP contribution in [0.5, 0.6) is 5.75 Å². The van der Waals surface area contributed by atoms with Crippen molar-refractivity contribution in [3.8, 4) is 5.75 Å². The van der Waals surface area contributed by atoms with Crippen LogP contribution in [-0.4, -0.2) is 26.4 Å². The highest BCUT2D eigenvalue weighted by molar-refractivity contribution is 7.99. The first-order chi connectivity index (χ1) is 15.3. The highest BCUT2D eigenvalue weighted by Crippen LogP contribution is 2.28. The quantitative estimate of drug-likeness (QED) is 0.341. The third-order valence-corrected chi connectivity index (χ3v) is 6.46. The maximum Gasteiger partial charge on any atom is 0.234 e. The Morgan fingerprint density at radius 3 is 2.53 bits per heavy atom. The Labute approximate surface area is 194 Å². The van der Waals surface area contributed by atoms with Crippen molar-refractivity contribution in [2.24, 2.45) is 0 Å². The number of allylic oxidation sites excluding steroid dienone is 1. The molecule has 32 heavy (non-hydrogen) atoms. The third kappa shape index (κ3) is 5.40. The minimum absolute atomic E-state index is 0.0851. The van der Waals surface area contributed by atoms with E-state index in [4.69, 9.17) is 4.74 Å². The Bertz CT molecular complexity index is 1120. The number of nitrogens with one attached hydrogen (secondary N) is 1. The number of rotatable bonds is 9. The van der Waals surface area contributed by atoms with E-state index in [1.807, 2.05) is 62.6 Å². The molecule has 0 fully saturated rings. The fourth-order valence-electron chi connectivity index (χ4n) is 3.31. The van der Waals surface area contributed by atoms with Gasteiger partial charge in [0.05, 0.1) is 5.75 Å². The second-order valence-electron chi connectivity index (χ2n) is 7.78. The van der Waals surface area contributed by atoms with Gasteiger partial charge in [0.1, 0.15) is 5.75 Å². The highest BCUT2D eigenvalue weighted by atomic mass is 32.2. The average molecular weight is 451 g/mol. The predicted octanol–water partition coefficient (Wildman–Crippen LogP) is 5.57. The molecule has 0 aliphatic carbocycles. The first-order valence-corrected chi connectivity index (χ1v) is 11.6. The van der Waals surface area contributed by atoms with Crippen LogP contribution in [0.1, 0.15) is 41.1 Å². The van der Waals surface area contributed by atoms with Gasteiger partial charge in [-0.15, -0.1) is 16.8 Å². The zero-order valence-corrected chi connectivity index (χ0v) is 20.1. The number of thioether (sulfide) groups is 1. The minimum Gasteiger partial charge on any atom is -0.482 e. The molecule has 0 radical (unpaired) electrons. The summed E-state index contributed by atoms with van der Waals surface area (Å²) in [5.41, 5.74) is 5.32. The van der Waals surface area contributed by atoms with Gasteiger partial charge >= 0.3 is 0 Å². The first kappa shape index (κ1) is 23.6. The van der Waals surface area contributed by atoms with E-state index in [1.165, 1.54) is 17.3 Å². The molecule has 1 atom stereocenters. The number of carbonyl (C=O) groups excluding carboxylic acids is 1. The Morgan fingerprint density at radius 2 is 1.81 bits per heavy atom. The first-order valence-electron chi connectivity index (χ1n) is 10.6. The van der Waals surface area contributed by atoms with E-state index in [-0.39, 0.29) is 17.8 Å². The van der Waals surface area contributed by atoms with E-state index in [9.17, 15) is 4.79 Å². The lowest BCUT2D eigenvalue weighted by Gasteiger charge is -2.18. The maximum absolute atomic E-state index is 12.5. The van der Waals surface area contributed by atoms with Gasteiger partial charge in [0.2, 0.25) is 5.91 Å². The predicted molar refractivity (Wildman–Crippen MR) is 130 cm³/mol. The molecule has 168 valence electrons. The lowest BCUT2D eigenvalue weighted by molar-refractivity contribution is -0.113. The van der Waals surface area contributed by atoms with Gasteiger partial charge in [-0.05, 0) is 69.0 Å². The Morgan fingerprint density at radius 1 is 1.12 bits per heavy atom. The molecular weight excluding hydrogens is 420 g/mol. The number of benzene rings is 2. The van der Waals surface area contributed by atoms with Gasteiger partial charge in [-0.3, -0.25) is 9.36 Å². The van der Waals surface area contributed by atoms with Crippen molar-refractivity contribution < 1.29 is 9.53 Å². The van der Waals surface area contributed by atoms with Crippen molar-refractivity contribution in [1.82, 2.24) is 14.8 Å². The molecule has 6 nitrogen and oxygen atoms in total. The lowest BCUT2D eigenvalue weighted by atomic mass is 10.1. The molecule has 0 saturated carbocycles. The summed E-state index contributed by atoms with van der Waals surface area (Å²) in [5.74, 6) is 1.67. The molecule has 1 aromatic heterocycles. The van der Waals surface area contributed by atoms with Gasteiger partial charge < -0.3 is 10.1 Å². The Balaban J connectivity index is 1.71. The summed E-state index contributed by atoms with van der Waals surface area (Å²) in [4.78, 5) is 12.5. The van der Waals surface area contributed by atoms with E-state index < -0.39 is 0 Å². The van der Waals surface area contributed by atoms with E-state index >= 15 is 0 Å². The van der Waals surface area contributed by atoms with Crippen LogP contribution in [0.3, 0.4) is 0 Å². The van der Waals surface area contributed by atoms with Crippen molar-refractivity contribution in [3.63, 3.8) is 0 Å². The van der Waals surface area contributed by atoms with Gasteiger partial charge in [0, 0.05) is 12.2 Å². The number of hydrogen-bond acceptors (Lipinski definition) is 5. The van der Waals surface area contributed by atoms with Crippen LogP contribution < -0.4 is 10.1 Å². The molecule has 1 heterocycles. The second-order valence-corrected chi connectivity index (χ2v) is 8.73. The second kappa shape index (κ2) is 10.5. The molecule has 1 amide bonds. The largest absolute Gasteiger partial charge is 0.482 e. The van der Waals surface area contributed by atoms with E-state index in [0.717, 1.165) is 28.1 Å². The topological polar surface area (TPSA) is 69.0 Å². The van der Waals surface area contributed by atoms with Crippen molar-refractivity contribution in [2.45, 2.75) is 52.4 Å². The standard InChI is InChI=1S/C25H30N4O2S/c1-7-14-29-24(20(6)31-22-13-9-11-17(3)19(22)5)27-28-25(29)32-15-23(30)26-21-12-8-10-16(2)18(21)4/h7-13,20H,1,14-15H2,2-6H3,(H,26,30). The summed E-state index contributed by atoms with van der Waals surface area (Å²) in [6.07, 6.45) is 1.48. The zero-order valence-electron chi connectivity index (χ0n) is 19.3. The molecule has 1 unspecified atom stereocenters. The molecular formula is C25H30N4O2S. The number of anilines is 1. The van der Waals surface area contributed by atoms with Gasteiger partial charge in [0.25, 0.3) is 0 Å². The van der Waals surface area contributed by atoms with Gasteiger partial charge in [-0.1, -0.05) is 42.1 Å². The van der Waals surface area contributed by atoms with Crippen molar-refractivity contribution >= 4 is 23.4 Å². The summed E-state index contributed by atoms with van der Waals surface area (Å²) in [5, 5.41) is 12.3. The summed E-state index contributed by atoms with van der Waals surface area (Å²) in [6, 6.07) is 11.9. The fraction of sp³-hybridized carbons (Fsp3) is 0.320. The number of aromatic nitrogens is 3. The SMILES string of the molecule is C=CCn1c(SCC(=O)Nc2cccc(C)c2C)nnc1C(C)Oc1cccc(C)c1C. The molecule has 7 heteroatoms. The van der Waals surface area contributed by atoms with Crippen molar-refractivity contribution in [1.29, 1.82) is 0 Å². The molecule has 1 N–H and O–H groups in total. The fourth-order valence-corrected chi connectivity index (χ4v) is 4.06. The molecule has 3 rings (SSSR count). The van der Waals surface area contributed by atoms with Crippen LogP contribution in [0.15, 0.2) is 54.2 Å². The molecule has 0 aliphatic heterocycles. The number of carbonyl (C=O) groups is 1. The van der Waals surface area contributed by atoms with Crippen molar-refractivity contribution in [3.05, 3.63) is 77.1 Å². The van der Waals surface area contributed by atoms with Gasteiger partial charge in [-0.2, -0.15) is 0 Å². The van der Waals surface area contributed by atoms with Gasteiger partial charge in [-0.25, -0.2) is 0 Å². The van der Waals surface area contributed by atoms with Crippen LogP contribution >= 0.6 is 11.8 Å². The van der Waals surface area contributed by atoms with Gasteiger partial charge in [0.15, 0.2) is 17.1 Å². The zero-order chi connectivity index (χ0) is 23.3. The van der Waals surface area contributed by atoms with Crippen LogP contribution in [0, 0.1) is 27.7 Å². The minimum atomic E-state index is -0.305. The van der Waals surface area contributed by atoms with Crippen LogP contribution in [0.4, 0.5) is 5.69 Å². The number of nitrogens with zero attached hydrogens (tertiary/aromatic N) is 3. The van der Waals surface area contributed by atoms with E-state index in [0.29, 0.717) is 17.5 Å². The maximum atomic E-state index is 12.5. The van der Waals surface area contributed by atoms with Crippen LogP contribution in [-0.2, 0) is 11.3 Å². The summed E-state index contributed by atoms with van der Waals surface area (Å²) < 4.78 is 8.14. The molecule has 3 aromatic rings. The Hall–Kier alpha value is -3.06. The summed E-state index contributed by atoms with van der Waals surface area (Å²) in [7, 11) is 0. The molecule has 0 saturated heterocycles. The number of aryl methyl sites for hydroxylation is 2. The number of amides is 1. The van der Waals surface area contributed by atoms with E-state index in [2.05, 4.69) is 35.1 Å². The molecule has 0 aliphatic rings. The number of hydrogen-bond donors (Lipinski definition) is 1. The molecule has 0 spiro atoms. The van der Waals surface area contributed by atoms with Crippen LogP contribution in [0.2, 0.25) is 0 Å². The normalized spacial score (nSPS) is 11.8. The van der Waals surface area contributed by atoms with Crippen molar-refractivity contribution in [2.75, 3.05) is 11.1 Å². The average Bonchev–Trinajstić information content (AvgIpc) is 3.16.